The summed E-state index contributed by atoms with van der Waals surface area (Å²) in [6, 6.07) is 0. The Kier molecular flexibility index (Phi) is 2.64. The second kappa shape index (κ2) is 3.51. The summed E-state index contributed by atoms with van der Waals surface area (Å²) in [7, 11) is 0. The van der Waals surface area contributed by atoms with Gasteiger partial charge < -0.3 is 0 Å². The van der Waals surface area contributed by atoms with E-state index in [9.17, 15) is 4.79 Å². The molecule has 0 radical (unpaired) electrons. The van der Waals surface area contributed by atoms with Gasteiger partial charge in [-0.3, -0.25) is 4.79 Å². The summed E-state index contributed by atoms with van der Waals surface area (Å²) in [5.41, 5.74) is 0. The minimum Gasteiger partial charge on any atom is -0.299 e. The summed E-state index contributed by atoms with van der Waals surface area (Å²) in [5, 5.41) is 0. The van der Waals surface area contributed by atoms with Crippen LogP contribution in [0.2, 0.25) is 0 Å². The number of carbonyl (C=O) groups excluding carboxylic acids is 1. The summed E-state index contributed by atoms with van der Waals surface area (Å²) in [5.74, 6) is 1.04. The van der Waals surface area contributed by atoms with E-state index in [2.05, 4.69) is 13.2 Å². The van der Waals surface area contributed by atoms with Gasteiger partial charge in [-0.05, 0) is 18.8 Å². The monoisotopic (exact) mass is 150 g/mol. The van der Waals surface area contributed by atoms with E-state index >= 15 is 0 Å². The van der Waals surface area contributed by atoms with Gasteiger partial charge in [-0.1, -0.05) is 12.2 Å². The van der Waals surface area contributed by atoms with Crippen LogP contribution in [0, 0.1) is 11.8 Å². The normalized spacial score (nSPS) is 30.4. The first kappa shape index (κ1) is 8.25. The fourth-order valence-electron chi connectivity index (χ4n) is 1.61. The highest BCUT2D eigenvalue weighted by Gasteiger charge is 2.29. The lowest BCUT2D eigenvalue weighted by molar-refractivity contribution is -0.120. The lowest BCUT2D eigenvalue weighted by Crippen LogP contribution is -2.03. The number of hydrogen-bond donors (Lipinski definition) is 0. The Balaban J connectivity index is 2.50. The van der Waals surface area contributed by atoms with E-state index in [-0.39, 0.29) is 5.92 Å². The third-order valence-electron chi connectivity index (χ3n) is 2.29. The van der Waals surface area contributed by atoms with Crippen molar-refractivity contribution >= 4 is 5.78 Å². The summed E-state index contributed by atoms with van der Waals surface area (Å²) < 4.78 is 0. The summed E-state index contributed by atoms with van der Waals surface area (Å²) in [6.07, 6.45) is 6.23. The molecule has 0 amide bonds. The molecule has 0 aliphatic heterocycles. The largest absolute Gasteiger partial charge is 0.299 e. The number of Topliss-reactive ketones (excluding diaryl/α,β-unsaturated/α-hetero) is 1. The zero-order chi connectivity index (χ0) is 8.27. The maximum Gasteiger partial charge on any atom is 0.136 e. The van der Waals surface area contributed by atoms with Crippen molar-refractivity contribution < 1.29 is 4.79 Å². The highest BCUT2D eigenvalue weighted by molar-refractivity contribution is 5.83. The van der Waals surface area contributed by atoms with Crippen molar-refractivity contribution in [3.63, 3.8) is 0 Å². The lowest BCUT2D eigenvalue weighted by atomic mass is 10.0. The first-order valence-electron chi connectivity index (χ1n) is 4.04. The number of rotatable bonds is 3. The quantitative estimate of drug-likeness (QED) is 0.564. The van der Waals surface area contributed by atoms with Crippen molar-refractivity contribution in [2.45, 2.75) is 19.3 Å². The molecule has 1 aliphatic rings. The zero-order valence-electron chi connectivity index (χ0n) is 6.75. The number of ketones is 1. The molecule has 0 aromatic heterocycles. The average Bonchev–Trinajstić information content (AvgIpc) is 2.33. The van der Waals surface area contributed by atoms with Gasteiger partial charge in [0.25, 0.3) is 0 Å². The van der Waals surface area contributed by atoms with Crippen LogP contribution in [0.15, 0.2) is 25.3 Å². The number of hydrogen-bond acceptors (Lipinski definition) is 1. The Morgan fingerprint density at radius 3 is 2.73 bits per heavy atom. The second-order valence-corrected chi connectivity index (χ2v) is 3.12. The molecule has 1 heteroatoms. The summed E-state index contributed by atoms with van der Waals surface area (Å²) in [6.45, 7) is 7.33. The molecule has 0 bridgehead atoms. The first-order valence-corrected chi connectivity index (χ1v) is 4.04. The van der Waals surface area contributed by atoms with Crippen molar-refractivity contribution in [1.29, 1.82) is 0 Å². The van der Waals surface area contributed by atoms with E-state index in [1.54, 1.807) is 0 Å². The van der Waals surface area contributed by atoms with Crippen molar-refractivity contribution in [3.8, 4) is 0 Å². The van der Waals surface area contributed by atoms with Crippen LogP contribution in [-0.4, -0.2) is 5.78 Å². The molecule has 1 saturated carbocycles. The Bertz CT molecular complexity index is 181. The van der Waals surface area contributed by atoms with Crippen molar-refractivity contribution in [3.05, 3.63) is 25.3 Å². The van der Waals surface area contributed by atoms with E-state index in [0.717, 1.165) is 12.8 Å². The van der Waals surface area contributed by atoms with Gasteiger partial charge in [0.2, 0.25) is 0 Å². The Labute approximate surface area is 67.8 Å². The standard InChI is InChI=1S/C10H14O/c1-3-5-9-6-8(4-2)7-10(9)11/h3-4,8-9H,1-2,5-7H2. The summed E-state index contributed by atoms with van der Waals surface area (Å²) >= 11 is 0. The predicted molar refractivity (Wildman–Crippen MR) is 46.2 cm³/mol. The molecule has 1 rings (SSSR count). The lowest BCUT2D eigenvalue weighted by Gasteiger charge is -2.02. The van der Waals surface area contributed by atoms with Gasteiger partial charge >= 0.3 is 0 Å². The van der Waals surface area contributed by atoms with Crippen LogP contribution in [0.5, 0.6) is 0 Å². The molecular weight excluding hydrogens is 136 g/mol. The zero-order valence-corrected chi connectivity index (χ0v) is 6.75. The van der Waals surface area contributed by atoms with Crippen LogP contribution >= 0.6 is 0 Å². The van der Waals surface area contributed by atoms with E-state index in [1.165, 1.54) is 0 Å². The fraction of sp³-hybridized carbons (Fsp3) is 0.500. The average molecular weight is 150 g/mol. The Hall–Kier alpha value is -0.850. The van der Waals surface area contributed by atoms with E-state index < -0.39 is 0 Å². The number of carbonyl (C=O) groups is 1. The minimum absolute atomic E-state index is 0.232. The minimum atomic E-state index is 0.232. The van der Waals surface area contributed by atoms with Gasteiger partial charge in [0.05, 0.1) is 0 Å². The fourth-order valence-corrected chi connectivity index (χ4v) is 1.61. The van der Waals surface area contributed by atoms with E-state index in [4.69, 9.17) is 0 Å². The third-order valence-corrected chi connectivity index (χ3v) is 2.29. The maximum absolute atomic E-state index is 11.2. The molecule has 11 heavy (non-hydrogen) atoms. The highest BCUT2D eigenvalue weighted by Crippen LogP contribution is 2.30. The van der Waals surface area contributed by atoms with E-state index in [1.807, 2.05) is 12.2 Å². The van der Waals surface area contributed by atoms with Crippen molar-refractivity contribution in [2.75, 3.05) is 0 Å². The van der Waals surface area contributed by atoms with Gasteiger partial charge in [0.1, 0.15) is 5.78 Å². The SMILES string of the molecule is C=CCC1CC(C=C)CC1=O. The van der Waals surface area contributed by atoms with Crippen LogP contribution in [-0.2, 0) is 4.79 Å². The molecule has 1 nitrogen and oxygen atoms in total. The first-order chi connectivity index (χ1) is 5.27. The molecule has 0 saturated heterocycles. The Morgan fingerprint density at radius 2 is 2.27 bits per heavy atom. The van der Waals surface area contributed by atoms with Gasteiger partial charge in [0, 0.05) is 12.3 Å². The molecule has 0 N–H and O–H groups in total. The third kappa shape index (κ3) is 1.79. The molecule has 60 valence electrons. The van der Waals surface area contributed by atoms with Crippen LogP contribution in [0.1, 0.15) is 19.3 Å². The van der Waals surface area contributed by atoms with Crippen LogP contribution in [0.3, 0.4) is 0 Å². The molecule has 0 aromatic rings. The van der Waals surface area contributed by atoms with Gasteiger partial charge in [-0.2, -0.15) is 0 Å². The van der Waals surface area contributed by atoms with Gasteiger partial charge in [-0.15, -0.1) is 13.2 Å². The van der Waals surface area contributed by atoms with Gasteiger partial charge in [0.15, 0.2) is 0 Å². The second-order valence-electron chi connectivity index (χ2n) is 3.12. The molecule has 0 spiro atoms. The van der Waals surface area contributed by atoms with Crippen molar-refractivity contribution in [2.24, 2.45) is 11.8 Å². The van der Waals surface area contributed by atoms with E-state index in [0.29, 0.717) is 18.1 Å². The van der Waals surface area contributed by atoms with Crippen LogP contribution < -0.4 is 0 Å². The predicted octanol–water partition coefficient (Wildman–Crippen LogP) is 2.34. The maximum atomic E-state index is 11.2. The Morgan fingerprint density at radius 1 is 1.55 bits per heavy atom. The molecular formula is C10H14O. The van der Waals surface area contributed by atoms with Crippen molar-refractivity contribution in [1.82, 2.24) is 0 Å². The van der Waals surface area contributed by atoms with Crippen LogP contribution in [0.4, 0.5) is 0 Å². The molecule has 2 atom stereocenters. The van der Waals surface area contributed by atoms with Crippen LogP contribution in [0.25, 0.3) is 0 Å². The van der Waals surface area contributed by atoms with Gasteiger partial charge in [-0.25, -0.2) is 0 Å². The summed E-state index contributed by atoms with van der Waals surface area (Å²) in [4.78, 5) is 11.2. The molecule has 1 fully saturated rings. The molecule has 1 aliphatic carbocycles. The smallest absolute Gasteiger partial charge is 0.136 e. The topological polar surface area (TPSA) is 17.1 Å². The molecule has 0 heterocycles. The molecule has 0 aromatic carbocycles. The highest BCUT2D eigenvalue weighted by atomic mass is 16.1. The number of allylic oxidation sites excluding steroid dienone is 2. The molecule has 2 unspecified atom stereocenters.